The standard InChI is InChI=1S/C26H19N7O3/c34-25(28-20-11-13-27-14-12-20)19-8-4-9-21(16-19)29-26(35)23(17-22-10-5-15-36-22)33-24(30-31-32-33)18-6-2-1-3-7-18/h1-17H,(H,29,35)(H,27,28,34)/b23-17+. The molecular formula is C26H19N7O3. The predicted octanol–water partition coefficient (Wildman–Crippen LogP) is 4.22. The van der Waals surface area contributed by atoms with Crippen LogP contribution in [0.2, 0.25) is 0 Å². The van der Waals surface area contributed by atoms with Gasteiger partial charge in [0.1, 0.15) is 11.5 Å². The van der Waals surface area contributed by atoms with Crippen molar-refractivity contribution in [3.8, 4) is 11.4 Å². The van der Waals surface area contributed by atoms with E-state index in [1.807, 2.05) is 30.3 Å². The van der Waals surface area contributed by atoms with Gasteiger partial charge in [-0.3, -0.25) is 14.6 Å². The second kappa shape index (κ2) is 10.3. The molecule has 0 aliphatic rings. The van der Waals surface area contributed by atoms with Gasteiger partial charge >= 0.3 is 0 Å². The fourth-order valence-electron chi connectivity index (χ4n) is 3.42. The number of rotatable bonds is 7. The Bertz CT molecular complexity index is 1510. The summed E-state index contributed by atoms with van der Waals surface area (Å²) in [5, 5.41) is 17.5. The molecule has 3 aromatic heterocycles. The monoisotopic (exact) mass is 477 g/mol. The molecule has 0 aliphatic carbocycles. The van der Waals surface area contributed by atoms with Crippen LogP contribution in [0.25, 0.3) is 23.2 Å². The smallest absolute Gasteiger partial charge is 0.274 e. The van der Waals surface area contributed by atoms with E-state index < -0.39 is 5.91 Å². The molecule has 176 valence electrons. The van der Waals surface area contributed by atoms with Crippen molar-refractivity contribution in [2.75, 3.05) is 10.6 Å². The minimum absolute atomic E-state index is 0.125. The SMILES string of the molecule is O=C(Nc1cccc(C(=O)Nc2ccncc2)c1)/C(=C\c1ccco1)n1nnnc1-c1ccccc1. The number of nitrogens with one attached hydrogen (secondary N) is 2. The minimum Gasteiger partial charge on any atom is -0.465 e. The average Bonchev–Trinajstić information content (AvgIpc) is 3.61. The molecule has 36 heavy (non-hydrogen) atoms. The molecule has 5 aromatic rings. The number of anilines is 2. The van der Waals surface area contributed by atoms with Crippen LogP contribution in [-0.2, 0) is 4.79 Å². The van der Waals surface area contributed by atoms with Gasteiger partial charge in [0.2, 0.25) is 0 Å². The summed E-state index contributed by atoms with van der Waals surface area (Å²) in [6.07, 6.45) is 6.21. The van der Waals surface area contributed by atoms with Crippen LogP contribution in [0.3, 0.4) is 0 Å². The lowest BCUT2D eigenvalue weighted by atomic mass is 10.1. The molecule has 0 unspecified atom stereocenters. The summed E-state index contributed by atoms with van der Waals surface area (Å²) in [4.78, 5) is 30.1. The molecule has 0 saturated carbocycles. The van der Waals surface area contributed by atoms with Gasteiger partial charge < -0.3 is 15.1 Å². The number of carbonyl (C=O) groups is 2. The first-order valence-corrected chi connectivity index (χ1v) is 10.9. The van der Waals surface area contributed by atoms with E-state index in [0.29, 0.717) is 28.5 Å². The first-order valence-electron chi connectivity index (χ1n) is 10.9. The van der Waals surface area contributed by atoms with E-state index in [1.54, 1.807) is 60.9 Å². The van der Waals surface area contributed by atoms with Crippen molar-refractivity contribution in [3.63, 3.8) is 0 Å². The lowest BCUT2D eigenvalue weighted by molar-refractivity contribution is -0.111. The van der Waals surface area contributed by atoms with Crippen LogP contribution < -0.4 is 10.6 Å². The van der Waals surface area contributed by atoms with E-state index in [1.165, 1.54) is 17.0 Å². The van der Waals surface area contributed by atoms with Crippen molar-refractivity contribution in [2.24, 2.45) is 0 Å². The van der Waals surface area contributed by atoms with Gasteiger partial charge in [0, 0.05) is 41.0 Å². The molecule has 0 atom stereocenters. The van der Waals surface area contributed by atoms with Gasteiger partial charge in [-0.1, -0.05) is 36.4 Å². The van der Waals surface area contributed by atoms with Crippen molar-refractivity contribution in [3.05, 3.63) is 109 Å². The number of hydrogen-bond donors (Lipinski definition) is 2. The third-order valence-corrected chi connectivity index (χ3v) is 5.11. The number of amides is 2. The Morgan fingerprint density at radius 1 is 0.861 bits per heavy atom. The van der Waals surface area contributed by atoms with Crippen molar-refractivity contribution in [1.82, 2.24) is 25.2 Å². The Hall–Kier alpha value is -5.38. The van der Waals surface area contributed by atoms with E-state index in [9.17, 15) is 9.59 Å². The summed E-state index contributed by atoms with van der Waals surface area (Å²) >= 11 is 0. The zero-order chi connectivity index (χ0) is 24.7. The molecule has 0 spiro atoms. The van der Waals surface area contributed by atoms with E-state index in [-0.39, 0.29) is 11.6 Å². The number of nitrogens with zero attached hydrogens (tertiary/aromatic N) is 5. The Kier molecular flexibility index (Phi) is 6.39. The van der Waals surface area contributed by atoms with Gasteiger partial charge in [-0.25, -0.2) is 0 Å². The largest absolute Gasteiger partial charge is 0.465 e. The highest BCUT2D eigenvalue weighted by Crippen LogP contribution is 2.22. The highest BCUT2D eigenvalue weighted by atomic mass is 16.3. The molecule has 2 aromatic carbocycles. The molecule has 5 rings (SSSR count). The maximum absolute atomic E-state index is 13.4. The van der Waals surface area contributed by atoms with Gasteiger partial charge in [0.15, 0.2) is 5.82 Å². The second-order valence-corrected chi connectivity index (χ2v) is 7.55. The maximum atomic E-state index is 13.4. The van der Waals surface area contributed by atoms with Gasteiger partial charge in [0.05, 0.1) is 6.26 Å². The molecule has 2 N–H and O–H groups in total. The van der Waals surface area contributed by atoms with Crippen LogP contribution in [0.5, 0.6) is 0 Å². The molecule has 0 bridgehead atoms. The fraction of sp³-hybridized carbons (Fsp3) is 0. The first kappa shape index (κ1) is 22.4. The van der Waals surface area contributed by atoms with E-state index >= 15 is 0 Å². The van der Waals surface area contributed by atoms with Gasteiger partial charge in [-0.15, -0.1) is 5.10 Å². The Morgan fingerprint density at radius 3 is 2.47 bits per heavy atom. The van der Waals surface area contributed by atoms with Crippen molar-refractivity contribution in [1.29, 1.82) is 0 Å². The maximum Gasteiger partial charge on any atom is 0.274 e. The number of hydrogen-bond acceptors (Lipinski definition) is 7. The summed E-state index contributed by atoms with van der Waals surface area (Å²) in [6.45, 7) is 0. The number of furan rings is 1. The van der Waals surface area contributed by atoms with Crippen LogP contribution in [0.4, 0.5) is 11.4 Å². The molecule has 10 heteroatoms. The van der Waals surface area contributed by atoms with Crippen molar-refractivity contribution >= 4 is 35.0 Å². The molecule has 0 saturated heterocycles. The highest BCUT2D eigenvalue weighted by molar-refractivity contribution is 6.24. The van der Waals surface area contributed by atoms with E-state index in [2.05, 4.69) is 31.1 Å². The summed E-state index contributed by atoms with van der Waals surface area (Å²) in [5.74, 6) is 0.00670. The normalized spacial score (nSPS) is 11.2. The fourth-order valence-corrected chi connectivity index (χ4v) is 3.42. The number of aromatic nitrogens is 5. The number of tetrazole rings is 1. The molecule has 2 amide bonds. The summed E-state index contributed by atoms with van der Waals surface area (Å²) in [7, 11) is 0. The zero-order valence-corrected chi connectivity index (χ0v) is 18.8. The molecule has 3 heterocycles. The molecule has 0 radical (unpaired) electrons. The van der Waals surface area contributed by atoms with Gasteiger partial charge in [0.25, 0.3) is 11.8 Å². The third-order valence-electron chi connectivity index (χ3n) is 5.11. The number of carbonyl (C=O) groups excluding carboxylic acids is 2. The van der Waals surface area contributed by atoms with Crippen LogP contribution in [0.1, 0.15) is 16.1 Å². The Balaban J connectivity index is 1.43. The highest BCUT2D eigenvalue weighted by Gasteiger charge is 2.20. The summed E-state index contributed by atoms with van der Waals surface area (Å²) in [6, 6.07) is 22.7. The predicted molar refractivity (Wildman–Crippen MR) is 133 cm³/mol. The Labute approximate surface area is 205 Å². The van der Waals surface area contributed by atoms with Crippen LogP contribution in [0, 0.1) is 0 Å². The minimum atomic E-state index is -0.498. The lowest BCUT2D eigenvalue weighted by Gasteiger charge is -2.11. The molecule has 10 nitrogen and oxygen atoms in total. The number of pyridine rings is 1. The molecular weight excluding hydrogens is 458 g/mol. The van der Waals surface area contributed by atoms with Crippen LogP contribution in [0.15, 0.2) is 102 Å². The first-order chi connectivity index (χ1) is 17.7. The van der Waals surface area contributed by atoms with Crippen LogP contribution >= 0.6 is 0 Å². The third kappa shape index (κ3) is 5.07. The van der Waals surface area contributed by atoms with Gasteiger partial charge in [-0.05, 0) is 52.9 Å². The second-order valence-electron chi connectivity index (χ2n) is 7.55. The van der Waals surface area contributed by atoms with E-state index in [4.69, 9.17) is 4.42 Å². The van der Waals surface area contributed by atoms with Crippen molar-refractivity contribution < 1.29 is 14.0 Å². The van der Waals surface area contributed by atoms with Crippen LogP contribution in [-0.4, -0.2) is 37.0 Å². The van der Waals surface area contributed by atoms with Crippen molar-refractivity contribution in [2.45, 2.75) is 0 Å². The van der Waals surface area contributed by atoms with Gasteiger partial charge in [-0.2, -0.15) is 4.68 Å². The Morgan fingerprint density at radius 2 is 1.69 bits per heavy atom. The molecule has 0 fully saturated rings. The number of benzene rings is 2. The quantitative estimate of drug-likeness (QED) is 0.336. The van der Waals surface area contributed by atoms with E-state index in [0.717, 1.165) is 5.56 Å². The average molecular weight is 477 g/mol. The summed E-state index contributed by atoms with van der Waals surface area (Å²) in [5.41, 5.74) is 2.26. The molecule has 0 aliphatic heterocycles. The summed E-state index contributed by atoms with van der Waals surface area (Å²) < 4.78 is 6.76. The zero-order valence-electron chi connectivity index (χ0n) is 18.8. The lowest BCUT2D eigenvalue weighted by Crippen LogP contribution is -2.20. The topological polar surface area (TPSA) is 128 Å².